The van der Waals surface area contributed by atoms with Gasteiger partial charge in [0.1, 0.15) is 26.2 Å². The molecule has 5 atom stereocenters. The first-order valence-corrected chi connectivity index (χ1v) is 8.15. The van der Waals surface area contributed by atoms with E-state index in [4.69, 9.17) is 23.5 Å². The summed E-state index contributed by atoms with van der Waals surface area (Å²) in [5.74, 6) is 0. The van der Waals surface area contributed by atoms with Gasteiger partial charge >= 0.3 is 7.60 Å². The molecule has 9 heteroatoms. The van der Waals surface area contributed by atoms with Crippen molar-refractivity contribution in [3.8, 4) is 0 Å². The summed E-state index contributed by atoms with van der Waals surface area (Å²) in [6, 6.07) is -0.242. The summed E-state index contributed by atoms with van der Waals surface area (Å²) in [4.78, 5) is 9.40. The van der Waals surface area contributed by atoms with E-state index in [0.29, 0.717) is 13.2 Å². The van der Waals surface area contributed by atoms with Crippen LogP contribution in [0.15, 0.2) is 0 Å². The maximum Gasteiger partial charge on any atom is 0.325 e. The van der Waals surface area contributed by atoms with Gasteiger partial charge in [-0.2, -0.15) is 0 Å². The maximum absolute atomic E-state index is 11.5. The molecule has 19 heavy (non-hydrogen) atoms. The lowest BCUT2D eigenvalue weighted by Crippen LogP contribution is -2.39. The molecule has 0 amide bonds. The molecule has 0 aliphatic carbocycles. The lowest BCUT2D eigenvalue weighted by Gasteiger charge is -2.24. The van der Waals surface area contributed by atoms with E-state index < -0.39 is 25.9 Å². The molecule has 0 aromatic rings. The van der Waals surface area contributed by atoms with Crippen LogP contribution in [0.2, 0.25) is 0 Å². The van der Waals surface area contributed by atoms with Gasteiger partial charge in [0.05, 0.1) is 25.8 Å². The van der Waals surface area contributed by atoms with Crippen molar-refractivity contribution in [1.29, 1.82) is 0 Å². The van der Waals surface area contributed by atoms with Crippen molar-refractivity contribution in [3.63, 3.8) is 0 Å². The van der Waals surface area contributed by atoms with Crippen LogP contribution in [0.5, 0.6) is 0 Å². The van der Waals surface area contributed by atoms with Crippen molar-refractivity contribution >= 4 is 15.4 Å². The summed E-state index contributed by atoms with van der Waals surface area (Å²) in [5.41, 5.74) is 0. The predicted octanol–water partition coefficient (Wildman–Crippen LogP) is -0.777. The highest BCUT2D eigenvalue weighted by molar-refractivity contribution is 7.51. The van der Waals surface area contributed by atoms with E-state index in [2.05, 4.69) is 0 Å². The van der Waals surface area contributed by atoms with Crippen molar-refractivity contribution in [2.75, 3.05) is 40.7 Å². The molecule has 0 bridgehead atoms. The third-order valence-corrected chi connectivity index (χ3v) is 3.42. The monoisotopic (exact) mass is 296 g/mol. The summed E-state index contributed by atoms with van der Waals surface area (Å²) in [5, 5.41) is 0. The third kappa shape index (κ3) is 5.51. The SMILES string of the molecule is B[C@@H]1O[C@H](COC)C(OP(C)(=O)O)[C@@H]1OCCOC. The van der Waals surface area contributed by atoms with E-state index >= 15 is 0 Å². The van der Waals surface area contributed by atoms with Crippen molar-refractivity contribution in [3.05, 3.63) is 0 Å². The fraction of sp³-hybridized carbons (Fsp3) is 1.00. The van der Waals surface area contributed by atoms with E-state index in [9.17, 15) is 9.46 Å². The minimum absolute atomic E-state index is 0.242. The van der Waals surface area contributed by atoms with Gasteiger partial charge in [0.25, 0.3) is 0 Å². The molecule has 1 N–H and O–H groups in total. The first-order chi connectivity index (χ1) is 8.89. The molecule has 0 aromatic heterocycles. The van der Waals surface area contributed by atoms with Crippen LogP contribution < -0.4 is 0 Å². The Morgan fingerprint density at radius 1 is 1.26 bits per heavy atom. The van der Waals surface area contributed by atoms with Gasteiger partial charge in [-0.3, -0.25) is 9.09 Å². The fourth-order valence-electron chi connectivity index (χ4n) is 2.06. The molecule has 0 aromatic carbocycles. The number of methoxy groups -OCH3 is 2. The van der Waals surface area contributed by atoms with E-state index in [1.165, 1.54) is 7.11 Å². The van der Waals surface area contributed by atoms with Crippen molar-refractivity contribution < 1.29 is 32.9 Å². The highest BCUT2D eigenvalue weighted by Gasteiger charge is 2.46. The minimum atomic E-state index is -3.63. The molecule has 1 heterocycles. The van der Waals surface area contributed by atoms with Gasteiger partial charge in [-0.1, -0.05) is 0 Å². The van der Waals surface area contributed by atoms with Gasteiger partial charge in [0, 0.05) is 20.9 Å². The molecule has 1 fully saturated rings. The van der Waals surface area contributed by atoms with Crippen molar-refractivity contribution in [2.24, 2.45) is 0 Å². The summed E-state index contributed by atoms with van der Waals surface area (Å²) in [6.45, 7) is 2.23. The second kappa shape index (κ2) is 7.74. The summed E-state index contributed by atoms with van der Waals surface area (Å²) in [7, 11) is 1.32. The van der Waals surface area contributed by atoms with Crippen LogP contribution in [0, 0.1) is 0 Å². The lowest BCUT2D eigenvalue weighted by atomic mass is 9.93. The quantitative estimate of drug-likeness (QED) is 0.357. The number of rotatable bonds is 8. The Hall–Kier alpha value is 0.0549. The Kier molecular flexibility index (Phi) is 6.97. The Morgan fingerprint density at radius 2 is 1.95 bits per heavy atom. The van der Waals surface area contributed by atoms with Gasteiger partial charge in [-0.05, 0) is 0 Å². The van der Waals surface area contributed by atoms with Gasteiger partial charge in [0.2, 0.25) is 0 Å². The van der Waals surface area contributed by atoms with E-state index in [-0.39, 0.29) is 12.6 Å². The molecule has 1 aliphatic rings. The molecule has 0 radical (unpaired) electrons. The maximum atomic E-state index is 11.5. The van der Waals surface area contributed by atoms with Crippen LogP contribution >= 0.6 is 7.60 Å². The van der Waals surface area contributed by atoms with Gasteiger partial charge in [-0.15, -0.1) is 0 Å². The molecular formula is C10H22BO7P. The molecule has 0 saturated carbocycles. The molecule has 112 valence electrons. The largest absolute Gasteiger partial charge is 0.382 e. The van der Waals surface area contributed by atoms with Gasteiger partial charge in [-0.25, -0.2) is 0 Å². The fourth-order valence-corrected chi connectivity index (χ4v) is 2.77. The first kappa shape index (κ1) is 17.1. The molecule has 1 rings (SSSR count). The number of hydrogen-bond acceptors (Lipinski definition) is 6. The Morgan fingerprint density at radius 3 is 2.47 bits per heavy atom. The van der Waals surface area contributed by atoms with Crippen molar-refractivity contribution in [2.45, 2.75) is 24.3 Å². The van der Waals surface area contributed by atoms with Crippen molar-refractivity contribution in [1.82, 2.24) is 0 Å². The van der Waals surface area contributed by atoms with E-state index in [1.807, 2.05) is 7.85 Å². The lowest BCUT2D eigenvalue weighted by molar-refractivity contribution is -0.0361. The van der Waals surface area contributed by atoms with Crippen LogP contribution in [-0.2, 0) is 28.0 Å². The van der Waals surface area contributed by atoms with E-state index in [0.717, 1.165) is 6.66 Å². The average Bonchev–Trinajstić information content (AvgIpc) is 2.56. The molecule has 2 unspecified atom stereocenters. The summed E-state index contributed by atoms with van der Waals surface area (Å²) in [6.07, 6.45) is -1.48. The summed E-state index contributed by atoms with van der Waals surface area (Å²) < 4.78 is 37.9. The minimum Gasteiger partial charge on any atom is -0.382 e. The molecule has 1 aliphatic heterocycles. The second-order valence-corrected chi connectivity index (χ2v) is 6.35. The molecule has 7 nitrogen and oxygen atoms in total. The highest BCUT2D eigenvalue weighted by Crippen LogP contribution is 2.42. The van der Waals surface area contributed by atoms with Crippen LogP contribution in [0.25, 0.3) is 0 Å². The first-order valence-electron chi connectivity index (χ1n) is 6.12. The van der Waals surface area contributed by atoms with Gasteiger partial charge < -0.3 is 23.8 Å². The second-order valence-electron chi connectivity index (χ2n) is 4.54. The molecule has 0 spiro atoms. The van der Waals surface area contributed by atoms with Gasteiger partial charge in [0.15, 0.2) is 0 Å². The summed E-state index contributed by atoms with van der Waals surface area (Å²) >= 11 is 0. The number of hydrogen-bond donors (Lipinski definition) is 1. The van der Waals surface area contributed by atoms with Crippen LogP contribution in [-0.4, -0.2) is 77.8 Å². The Balaban J connectivity index is 2.70. The zero-order valence-corrected chi connectivity index (χ0v) is 12.7. The van der Waals surface area contributed by atoms with Crippen LogP contribution in [0.1, 0.15) is 0 Å². The molecule has 1 saturated heterocycles. The van der Waals surface area contributed by atoms with Crippen LogP contribution in [0.4, 0.5) is 0 Å². The smallest absolute Gasteiger partial charge is 0.325 e. The standard InChI is InChI=1S/C10H22BO7P/c1-14-4-5-16-9-8(18-19(3,12)13)7(6-15-2)17-10(9)11/h7-10H,4-6,11H2,1-3H3,(H,12,13)/t7-,8?,9+,10-/m1/s1. The topological polar surface area (TPSA) is 83.5 Å². The van der Waals surface area contributed by atoms with Crippen LogP contribution in [0.3, 0.4) is 0 Å². The zero-order valence-electron chi connectivity index (χ0n) is 11.8. The third-order valence-electron chi connectivity index (χ3n) is 2.79. The van der Waals surface area contributed by atoms with E-state index in [1.54, 1.807) is 7.11 Å². The Labute approximate surface area is 114 Å². The zero-order chi connectivity index (χ0) is 14.5. The normalized spacial score (nSPS) is 34.3. The number of ether oxygens (including phenoxy) is 4. The molecular weight excluding hydrogens is 274 g/mol. The predicted molar refractivity (Wildman–Crippen MR) is 71.3 cm³/mol. The Bertz CT molecular complexity index is 310. The highest BCUT2D eigenvalue weighted by atomic mass is 31.2. The average molecular weight is 296 g/mol.